The van der Waals surface area contributed by atoms with E-state index in [0.29, 0.717) is 12.0 Å². The minimum absolute atomic E-state index is 0. The number of nitrogens with two attached hydrogens (primary N) is 1. The maximum absolute atomic E-state index is 5.96. The van der Waals surface area contributed by atoms with Gasteiger partial charge in [-0.15, -0.1) is 12.4 Å². The van der Waals surface area contributed by atoms with Crippen molar-refractivity contribution >= 4 is 12.4 Å². The van der Waals surface area contributed by atoms with E-state index >= 15 is 0 Å². The van der Waals surface area contributed by atoms with Crippen molar-refractivity contribution in [3.05, 3.63) is 17.5 Å². The molecule has 0 aromatic carbocycles. The summed E-state index contributed by atoms with van der Waals surface area (Å²) in [5, 5.41) is 3.91. The van der Waals surface area contributed by atoms with E-state index in [1.165, 1.54) is 12.8 Å². The van der Waals surface area contributed by atoms with Crippen molar-refractivity contribution in [2.45, 2.75) is 39.3 Å². The van der Waals surface area contributed by atoms with E-state index < -0.39 is 0 Å². The van der Waals surface area contributed by atoms with Crippen molar-refractivity contribution in [3.8, 4) is 0 Å². The molecule has 0 saturated carbocycles. The first-order valence-electron chi connectivity index (χ1n) is 6.05. The molecule has 2 atom stereocenters. The normalized spacial score (nSPS) is 23.1. The van der Waals surface area contributed by atoms with Gasteiger partial charge in [0.15, 0.2) is 5.76 Å². The van der Waals surface area contributed by atoms with E-state index in [0.717, 1.165) is 31.1 Å². The average Bonchev–Trinajstić information content (AvgIpc) is 2.64. The molecule has 0 amide bonds. The van der Waals surface area contributed by atoms with E-state index in [1.807, 2.05) is 13.0 Å². The highest BCUT2D eigenvalue weighted by Gasteiger charge is 2.23. The smallest absolute Gasteiger partial charge is 0.150 e. The lowest BCUT2D eigenvalue weighted by Crippen LogP contribution is -2.41. The van der Waals surface area contributed by atoms with E-state index in [9.17, 15) is 0 Å². The molecular weight excluding hydrogens is 238 g/mol. The maximum atomic E-state index is 5.96. The summed E-state index contributed by atoms with van der Waals surface area (Å²) in [5.41, 5.74) is 6.92. The zero-order chi connectivity index (χ0) is 11.5. The maximum Gasteiger partial charge on any atom is 0.150 e. The van der Waals surface area contributed by atoms with Crippen LogP contribution in [0.4, 0.5) is 0 Å². The highest BCUT2D eigenvalue weighted by Crippen LogP contribution is 2.20. The molecule has 1 aliphatic heterocycles. The van der Waals surface area contributed by atoms with Gasteiger partial charge in [0.1, 0.15) is 0 Å². The molecule has 2 rings (SSSR count). The highest BCUT2D eigenvalue weighted by molar-refractivity contribution is 5.85. The molecule has 2 heterocycles. The second-order valence-corrected chi connectivity index (χ2v) is 4.93. The first-order valence-corrected chi connectivity index (χ1v) is 6.05. The topological polar surface area (TPSA) is 55.3 Å². The molecule has 1 fully saturated rings. The molecule has 1 aromatic heterocycles. The zero-order valence-electron chi connectivity index (χ0n) is 10.6. The minimum Gasteiger partial charge on any atom is -0.360 e. The molecule has 17 heavy (non-hydrogen) atoms. The van der Waals surface area contributed by atoms with Crippen LogP contribution in [0, 0.1) is 12.8 Å². The fraction of sp³-hybridized carbons (Fsp3) is 0.750. The van der Waals surface area contributed by atoms with Crippen LogP contribution in [0.2, 0.25) is 0 Å². The van der Waals surface area contributed by atoms with Crippen molar-refractivity contribution in [3.63, 3.8) is 0 Å². The summed E-state index contributed by atoms with van der Waals surface area (Å²) in [4.78, 5) is 2.41. The van der Waals surface area contributed by atoms with Crippen molar-refractivity contribution in [2.24, 2.45) is 11.7 Å². The SMILES string of the molecule is Cc1cc(CN2CCCC(C(C)N)C2)on1.Cl. The van der Waals surface area contributed by atoms with Gasteiger partial charge in [-0.05, 0) is 39.2 Å². The van der Waals surface area contributed by atoms with Crippen LogP contribution in [0.15, 0.2) is 10.6 Å². The summed E-state index contributed by atoms with van der Waals surface area (Å²) in [5.74, 6) is 1.58. The number of hydrogen-bond donors (Lipinski definition) is 1. The molecule has 5 heteroatoms. The van der Waals surface area contributed by atoms with E-state index in [1.54, 1.807) is 0 Å². The van der Waals surface area contributed by atoms with Gasteiger partial charge >= 0.3 is 0 Å². The third-order valence-corrected chi connectivity index (χ3v) is 3.34. The molecule has 2 unspecified atom stereocenters. The van der Waals surface area contributed by atoms with Crippen molar-refractivity contribution in [2.75, 3.05) is 13.1 Å². The van der Waals surface area contributed by atoms with Crippen LogP contribution in [0.5, 0.6) is 0 Å². The van der Waals surface area contributed by atoms with Crippen molar-refractivity contribution in [1.82, 2.24) is 10.1 Å². The zero-order valence-corrected chi connectivity index (χ0v) is 11.4. The minimum atomic E-state index is 0. The number of rotatable bonds is 3. The second kappa shape index (κ2) is 6.38. The van der Waals surface area contributed by atoms with Crippen LogP contribution in [0.1, 0.15) is 31.2 Å². The van der Waals surface area contributed by atoms with Gasteiger partial charge in [0.05, 0.1) is 12.2 Å². The van der Waals surface area contributed by atoms with Crippen LogP contribution in [0.3, 0.4) is 0 Å². The summed E-state index contributed by atoms with van der Waals surface area (Å²) >= 11 is 0. The van der Waals surface area contributed by atoms with Crippen molar-refractivity contribution in [1.29, 1.82) is 0 Å². The van der Waals surface area contributed by atoms with Gasteiger partial charge in [0, 0.05) is 18.7 Å². The van der Waals surface area contributed by atoms with Crippen LogP contribution >= 0.6 is 12.4 Å². The third-order valence-electron chi connectivity index (χ3n) is 3.34. The summed E-state index contributed by atoms with van der Waals surface area (Å²) in [6.07, 6.45) is 2.49. The number of piperidine rings is 1. The largest absolute Gasteiger partial charge is 0.360 e. The van der Waals surface area contributed by atoms with E-state index in [2.05, 4.69) is 17.0 Å². The fourth-order valence-corrected chi connectivity index (χ4v) is 2.38. The monoisotopic (exact) mass is 259 g/mol. The Hall–Kier alpha value is -0.580. The van der Waals surface area contributed by atoms with Gasteiger partial charge in [0.2, 0.25) is 0 Å². The van der Waals surface area contributed by atoms with Crippen LogP contribution in [-0.4, -0.2) is 29.2 Å². The van der Waals surface area contributed by atoms with Gasteiger partial charge in [-0.3, -0.25) is 4.90 Å². The Morgan fingerprint density at radius 1 is 1.65 bits per heavy atom. The lowest BCUT2D eigenvalue weighted by atomic mass is 9.92. The molecule has 4 nitrogen and oxygen atoms in total. The standard InChI is InChI=1S/C12H21N3O.ClH/c1-9-6-12(16-14-9)8-15-5-3-4-11(7-15)10(2)13;/h6,10-11H,3-5,7-8,13H2,1-2H3;1H. The Bertz CT molecular complexity index is 340. The van der Waals surface area contributed by atoms with E-state index in [-0.39, 0.29) is 12.4 Å². The third kappa shape index (κ3) is 3.98. The molecule has 98 valence electrons. The molecule has 0 bridgehead atoms. The predicted molar refractivity (Wildman–Crippen MR) is 70.1 cm³/mol. The Morgan fingerprint density at radius 2 is 2.41 bits per heavy atom. The summed E-state index contributed by atoms with van der Waals surface area (Å²) in [7, 11) is 0. The average molecular weight is 260 g/mol. The summed E-state index contributed by atoms with van der Waals surface area (Å²) in [6, 6.07) is 2.30. The molecular formula is C12H22ClN3O. The molecule has 0 aliphatic carbocycles. The second-order valence-electron chi connectivity index (χ2n) is 4.93. The fourth-order valence-electron chi connectivity index (χ4n) is 2.38. The molecule has 0 radical (unpaired) electrons. The number of hydrogen-bond acceptors (Lipinski definition) is 4. The number of likely N-dealkylation sites (tertiary alicyclic amines) is 1. The first-order chi connectivity index (χ1) is 7.65. The molecule has 2 N–H and O–H groups in total. The molecule has 0 spiro atoms. The number of nitrogens with zero attached hydrogens (tertiary/aromatic N) is 2. The van der Waals surface area contributed by atoms with Gasteiger partial charge in [-0.2, -0.15) is 0 Å². The van der Waals surface area contributed by atoms with Gasteiger partial charge < -0.3 is 10.3 Å². The van der Waals surface area contributed by atoms with Crippen LogP contribution in [0.25, 0.3) is 0 Å². The number of halogens is 1. The lowest BCUT2D eigenvalue weighted by Gasteiger charge is -2.33. The summed E-state index contributed by atoms with van der Waals surface area (Å²) in [6.45, 7) is 7.14. The van der Waals surface area contributed by atoms with Gasteiger partial charge in [0.25, 0.3) is 0 Å². The number of aryl methyl sites for hydroxylation is 1. The molecule has 1 saturated heterocycles. The Balaban J connectivity index is 0.00000144. The number of aromatic nitrogens is 1. The van der Waals surface area contributed by atoms with Crippen LogP contribution < -0.4 is 5.73 Å². The van der Waals surface area contributed by atoms with Crippen molar-refractivity contribution < 1.29 is 4.52 Å². The molecule has 1 aliphatic rings. The lowest BCUT2D eigenvalue weighted by molar-refractivity contribution is 0.141. The van der Waals surface area contributed by atoms with Crippen LogP contribution in [-0.2, 0) is 6.54 Å². The first kappa shape index (κ1) is 14.5. The summed E-state index contributed by atoms with van der Waals surface area (Å²) < 4.78 is 5.24. The Labute approximate surface area is 109 Å². The quantitative estimate of drug-likeness (QED) is 0.902. The van der Waals surface area contributed by atoms with Gasteiger partial charge in [-0.25, -0.2) is 0 Å². The van der Waals surface area contributed by atoms with Gasteiger partial charge in [-0.1, -0.05) is 5.16 Å². The van der Waals surface area contributed by atoms with E-state index in [4.69, 9.17) is 10.3 Å². The molecule has 1 aromatic rings. The highest BCUT2D eigenvalue weighted by atomic mass is 35.5. The Kier molecular flexibility index (Phi) is 5.43. The Morgan fingerprint density at radius 3 is 3.00 bits per heavy atom. The predicted octanol–water partition coefficient (Wildman–Crippen LogP) is 1.96.